The first-order valence-electron chi connectivity index (χ1n) is 10.6. The van der Waals surface area contributed by atoms with E-state index >= 15 is 0 Å². The van der Waals surface area contributed by atoms with Crippen molar-refractivity contribution in [3.8, 4) is 5.75 Å². The number of carbonyl (C=O) groups is 1. The Bertz CT molecular complexity index is 1470. The number of nitrogens with one attached hydrogen (secondary N) is 1. The van der Waals surface area contributed by atoms with Crippen molar-refractivity contribution in [2.75, 3.05) is 19.0 Å². The van der Waals surface area contributed by atoms with Gasteiger partial charge in [0.1, 0.15) is 21.8 Å². The van der Waals surface area contributed by atoms with Gasteiger partial charge in [0.15, 0.2) is 0 Å². The highest BCUT2D eigenvalue weighted by Crippen LogP contribution is 2.29. The number of amides is 1. The van der Waals surface area contributed by atoms with Gasteiger partial charge in [0.05, 0.1) is 31.0 Å². The zero-order chi connectivity index (χ0) is 22.9. The van der Waals surface area contributed by atoms with Gasteiger partial charge in [-0.05, 0) is 37.1 Å². The van der Waals surface area contributed by atoms with Crippen LogP contribution in [0.5, 0.6) is 5.75 Å². The summed E-state index contributed by atoms with van der Waals surface area (Å²) in [5.74, 6) is 0.102. The molecule has 1 saturated heterocycles. The predicted molar refractivity (Wildman–Crippen MR) is 126 cm³/mol. The number of para-hydroxylation sites is 2. The van der Waals surface area contributed by atoms with Crippen LogP contribution in [0.2, 0.25) is 0 Å². The van der Waals surface area contributed by atoms with Gasteiger partial charge in [-0.25, -0.2) is 9.78 Å². The van der Waals surface area contributed by atoms with Crippen LogP contribution in [0.4, 0.5) is 5.69 Å². The molecule has 170 valence electrons. The van der Waals surface area contributed by atoms with Gasteiger partial charge in [-0.3, -0.25) is 18.7 Å². The van der Waals surface area contributed by atoms with Crippen LogP contribution in [0, 0.1) is 0 Å². The largest absolute Gasteiger partial charge is 0.495 e. The molecule has 1 N–H and O–H groups in total. The fraction of sp³-hybridized carbons (Fsp3) is 0.304. The highest BCUT2D eigenvalue weighted by molar-refractivity contribution is 7.25. The fourth-order valence-corrected chi connectivity index (χ4v) is 5.26. The molecule has 1 amide bonds. The van der Waals surface area contributed by atoms with E-state index in [1.165, 1.54) is 27.6 Å². The van der Waals surface area contributed by atoms with E-state index in [1.807, 2.05) is 0 Å². The molecular weight excluding hydrogens is 444 g/mol. The lowest BCUT2D eigenvalue weighted by molar-refractivity contribution is -0.116. The number of benzene rings is 1. The molecule has 0 radical (unpaired) electrons. The van der Waals surface area contributed by atoms with E-state index in [0.29, 0.717) is 38.5 Å². The van der Waals surface area contributed by atoms with Crippen molar-refractivity contribution in [3.05, 3.63) is 63.4 Å². The van der Waals surface area contributed by atoms with Gasteiger partial charge in [-0.15, -0.1) is 11.3 Å². The number of anilines is 1. The zero-order valence-electron chi connectivity index (χ0n) is 17.9. The van der Waals surface area contributed by atoms with E-state index in [-0.39, 0.29) is 24.8 Å². The van der Waals surface area contributed by atoms with Crippen molar-refractivity contribution >= 4 is 43.4 Å². The van der Waals surface area contributed by atoms with Crippen molar-refractivity contribution in [1.29, 1.82) is 0 Å². The van der Waals surface area contributed by atoms with Crippen LogP contribution in [-0.4, -0.2) is 39.8 Å². The Labute approximate surface area is 192 Å². The molecule has 4 heterocycles. The third kappa shape index (κ3) is 3.91. The number of thiophene rings is 1. The summed E-state index contributed by atoms with van der Waals surface area (Å²) in [6.07, 6.45) is 3.12. The number of rotatable bonds is 6. The SMILES string of the molecule is COc1ccccc1NC(=O)Cn1c(=O)n(C[C@@H]2CCCO2)c(=O)c2sc3ncccc3c21. The van der Waals surface area contributed by atoms with Crippen LogP contribution < -0.4 is 21.3 Å². The number of fused-ring (bicyclic) bond motifs is 3. The highest BCUT2D eigenvalue weighted by atomic mass is 32.1. The van der Waals surface area contributed by atoms with E-state index in [9.17, 15) is 14.4 Å². The first kappa shape index (κ1) is 21.4. The smallest absolute Gasteiger partial charge is 0.332 e. The molecule has 1 atom stereocenters. The Morgan fingerprint density at radius 1 is 1.24 bits per heavy atom. The molecular formula is C23H22N4O5S. The molecule has 0 aliphatic carbocycles. The van der Waals surface area contributed by atoms with E-state index in [4.69, 9.17) is 9.47 Å². The van der Waals surface area contributed by atoms with Gasteiger partial charge in [0.2, 0.25) is 5.91 Å². The molecule has 0 bridgehead atoms. The molecule has 0 spiro atoms. The maximum Gasteiger partial charge on any atom is 0.332 e. The summed E-state index contributed by atoms with van der Waals surface area (Å²) in [4.78, 5) is 44.7. The second kappa shape index (κ2) is 8.80. The number of nitrogens with zero attached hydrogens (tertiary/aromatic N) is 3. The Kier molecular flexibility index (Phi) is 5.69. The standard InChI is InChI=1S/C23H22N4O5S/c1-31-17-9-3-2-8-16(17)25-18(28)13-26-19-15-7-4-10-24-21(15)33-20(19)22(29)27(23(26)30)12-14-6-5-11-32-14/h2-4,7-10,14H,5-6,11-13H2,1H3,(H,25,28)/t14-/m0/s1. The van der Waals surface area contributed by atoms with Gasteiger partial charge < -0.3 is 14.8 Å². The molecule has 3 aromatic heterocycles. The van der Waals surface area contributed by atoms with Gasteiger partial charge in [-0.2, -0.15) is 0 Å². The molecule has 0 unspecified atom stereocenters. The van der Waals surface area contributed by atoms with Crippen LogP contribution in [-0.2, 0) is 22.6 Å². The van der Waals surface area contributed by atoms with Gasteiger partial charge >= 0.3 is 5.69 Å². The Morgan fingerprint density at radius 2 is 2.09 bits per heavy atom. The van der Waals surface area contributed by atoms with Crippen molar-refractivity contribution in [2.45, 2.75) is 32.0 Å². The molecule has 33 heavy (non-hydrogen) atoms. The summed E-state index contributed by atoms with van der Waals surface area (Å²) in [5, 5.41) is 3.47. The van der Waals surface area contributed by atoms with Crippen LogP contribution in [0.15, 0.2) is 52.2 Å². The van der Waals surface area contributed by atoms with Gasteiger partial charge in [0, 0.05) is 18.2 Å². The van der Waals surface area contributed by atoms with E-state index in [2.05, 4.69) is 10.3 Å². The summed E-state index contributed by atoms with van der Waals surface area (Å²) in [7, 11) is 1.52. The second-order valence-corrected chi connectivity index (χ2v) is 8.80. The normalized spacial score (nSPS) is 15.8. The molecule has 4 aromatic rings. The number of ether oxygens (including phenoxy) is 2. The fourth-order valence-electron chi connectivity index (χ4n) is 4.16. The van der Waals surface area contributed by atoms with E-state index in [1.54, 1.807) is 42.6 Å². The lowest BCUT2D eigenvalue weighted by Gasteiger charge is -2.15. The van der Waals surface area contributed by atoms with Crippen LogP contribution in [0.25, 0.3) is 20.4 Å². The van der Waals surface area contributed by atoms with E-state index < -0.39 is 11.6 Å². The minimum atomic E-state index is -0.540. The van der Waals surface area contributed by atoms with Crippen molar-refractivity contribution in [3.63, 3.8) is 0 Å². The maximum atomic E-state index is 13.5. The number of aromatic nitrogens is 3. The zero-order valence-corrected chi connectivity index (χ0v) is 18.8. The summed E-state index contributed by atoms with van der Waals surface area (Å²) in [6, 6.07) is 10.6. The quantitative estimate of drug-likeness (QED) is 0.468. The number of carbonyl (C=O) groups excluding carboxylic acids is 1. The third-order valence-corrected chi connectivity index (χ3v) is 6.79. The minimum Gasteiger partial charge on any atom is -0.495 e. The Balaban J connectivity index is 1.62. The molecule has 1 fully saturated rings. The first-order chi connectivity index (χ1) is 16.1. The Morgan fingerprint density at radius 3 is 2.88 bits per heavy atom. The minimum absolute atomic E-state index is 0.156. The molecule has 10 heteroatoms. The lowest BCUT2D eigenvalue weighted by atomic mass is 10.2. The number of hydrogen-bond acceptors (Lipinski definition) is 7. The summed E-state index contributed by atoms with van der Waals surface area (Å²) >= 11 is 1.22. The number of methoxy groups -OCH3 is 1. The molecule has 1 aromatic carbocycles. The lowest BCUT2D eigenvalue weighted by Crippen LogP contribution is -2.43. The van der Waals surface area contributed by atoms with Crippen molar-refractivity contribution in [2.24, 2.45) is 0 Å². The second-order valence-electron chi connectivity index (χ2n) is 7.80. The number of hydrogen-bond donors (Lipinski definition) is 1. The molecule has 9 nitrogen and oxygen atoms in total. The summed E-state index contributed by atoms with van der Waals surface area (Å²) < 4.78 is 13.9. The first-order valence-corrected chi connectivity index (χ1v) is 11.4. The monoisotopic (exact) mass is 466 g/mol. The van der Waals surface area contributed by atoms with Crippen LogP contribution in [0.1, 0.15) is 12.8 Å². The summed E-state index contributed by atoms with van der Waals surface area (Å²) in [6.45, 7) is 0.507. The Hall–Kier alpha value is -3.50. The molecule has 0 saturated carbocycles. The topological polar surface area (TPSA) is 104 Å². The average molecular weight is 467 g/mol. The highest BCUT2D eigenvalue weighted by Gasteiger charge is 2.24. The van der Waals surface area contributed by atoms with Crippen molar-refractivity contribution in [1.82, 2.24) is 14.1 Å². The average Bonchev–Trinajstić information content (AvgIpc) is 3.48. The predicted octanol–water partition coefficient (Wildman–Crippen LogP) is 2.60. The third-order valence-electron chi connectivity index (χ3n) is 5.70. The van der Waals surface area contributed by atoms with E-state index in [0.717, 1.165) is 12.8 Å². The number of pyridine rings is 1. The molecule has 1 aliphatic heterocycles. The maximum absolute atomic E-state index is 13.5. The van der Waals surface area contributed by atoms with Gasteiger partial charge in [0.25, 0.3) is 5.56 Å². The summed E-state index contributed by atoms with van der Waals surface area (Å²) in [5.41, 5.74) is 0.00676. The van der Waals surface area contributed by atoms with Gasteiger partial charge in [-0.1, -0.05) is 12.1 Å². The molecule has 5 rings (SSSR count). The van der Waals surface area contributed by atoms with Crippen LogP contribution in [0.3, 0.4) is 0 Å². The van der Waals surface area contributed by atoms with Crippen molar-refractivity contribution < 1.29 is 14.3 Å². The molecule has 1 aliphatic rings. The van der Waals surface area contributed by atoms with Crippen LogP contribution >= 0.6 is 11.3 Å².